The van der Waals surface area contributed by atoms with Crippen LogP contribution in [0, 0.1) is 37.3 Å². The smallest absolute Gasteiger partial charge is 0.305 e. The van der Waals surface area contributed by atoms with Crippen LogP contribution in [0.5, 0.6) is 0 Å². The summed E-state index contributed by atoms with van der Waals surface area (Å²) in [5, 5.41) is 19.8. The summed E-state index contributed by atoms with van der Waals surface area (Å²) in [7, 11) is 3.25. The summed E-state index contributed by atoms with van der Waals surface area (Å²) in [6.07, 6.45) is 2.53. The predicted molar refractivity (Wildman–Crippen MR) is 162 cm³/mol. The molecule has 12 heteroatoms. The average Bonchev–Trinajstić information content (AvgIpc) is 3.32. The highest BCUT2D eigenvalue weighted by molar-refractivity contribution is 6.06. The van der Waals surface area contributed by atoms with Gasteiger partial charge in [0.15, 0.2) is 11.6 Å². The number of halogens is 2. The van der Waals surface area contributed by atoms with Crippen LogP contribution in [0.2, 0.25) is 0 Å². The summed E-state index contributed by atoms with van der Waals surface area (Å²) in [6.45, 7) is 7.28. The van der Waals surface area contributed by atoms with Crippen molar-refractivity contribution in [3.63, 3.8) is 0 Å². The molecule has 0 radical (unpaired) electrons. The lowest BCUT2D eigenvalue weighted by atomic mass is 9.90. The molecule has 2 heterocycles. The molecule has 4 aromatic rings. The zero-order chi connectivity index (χ0) is 32.5. The first-order chi connectivity index (χ1) is 20.7. The van der Waals surface area contributed by atoms with Crippen LogP contribution in [0.15, 0.2) is 47.5 Å². The lowest BCUT2D eigenvalue weighted by molar-refractivity contribution is -0.138. The van der Waals surface area contributed by atoms with Gasteiger partial charge < -0.3 is 20.3 Å². The van der Waals surface area contributed by atoms with Gasteiger partial charge in [-0.2, -0.15) is 5.10 Å². The lowest BCUT2D eigenvalue weighted by Gasteiger charge is -2.24. The van der Waals surface area contributed by atoms with E-state index in [1.54, 1.807) is 37.8 Å². The predicted octanol–water partition coefficient (Wildman–Crippen LogP) is 4.77. The summed E-state index contributed by atoms with van der Waals surface area (Å²) in [6, 6.07) is 5.65. The number of aromatic nitrogens is 3. The van der Waals surface area contributed by atoms with E-state index in [-0.39, 0.29) is 29.2 Å². The van der Waals surface area contributed by atoms with E-state index in [9.17, 15) is 24.3 Å². The maximum absolute atomic E-state index is 15.4. The molecule has 10 nitrogen and oxygen atoms in total. The fourth-order valence-electron chi connectivity index (χ4n) is 5.43. The van der Waals surface area contributed by atoms with Gasteiger partial charge in [-0.15, -0.1) is 0 Å². The molecular weight excluding hydrogens is 572 g/mol. The highest BCUT2D eigenvalue weighted by Gasteiger charge is 2.32. The Bertz CT molecular complexity index is 1830. The molecule has 3 N–H and O–H groups in total. The second-order valence-corrected chi connectivity index (χ2v) is 11.5. The lowest BCUT2D eigenvalue weighted by Crippen LogP contribution is -2.42. The molecule has 0 aliphatic heterocycles. The maximum atomic E-state index is 15.4. The Morgan fingerprint density at radius 3 is 2.41 bits per heavy atom. The number of nitrogens with one attached hydrogen (secondary N) is 2. The Balaban J connectivity index is 1.76. The molecule has 2 aromatic heterocycles. The fourth-order valence-corrected chi connectivity index (χ4v) is 5.43. The van der Waals surface area contributed by atoms with Crippen LogP contribution in [0.25, 0.3) is 22.0 Å². The van der Waals surface area contributed by atoms with Crippen molar-refractivity contribution < 1.29 is 28.3 Å². The third-order valence-corrected chi connectivity index (χ3v) is 7.44. The van der Waals surface area contributed by atoms with E-state index in [0.29, 0.717) is 16.5 Å². The van der Waals surface area contributed by atoms with Crippen molar-refractivity contribution in [1.82, 2.24) is 19.7 Å². The first-order valence-corrected chi connectivity index (χ1v) is 14.1. The first kappa shape index (κ1) is 32.1. The molecule has 0 unspecified atom stereocenters. The summed E-state index contributed by atoms with van der Waals surface area (Å²) >= 11 is 0. The molecule has 2 amide bonds. The zero-order valence-electron chi connectivity index (χ0n) is 25.4. The minimum Gasteiger partial charge on any atom is -0.481 e. The van der Waals surface area contributed by atoms with E-state index in [0.717, 1.165) is 17.2 Å². The average molecular weight is 608 g/mol. The Hall–Kier alpha value is -4.87. The number of carboxylic acid groups (broad SMARTS) is 1. The Morgan fingerprint density at radius 1 is 1.05 bits per heavy atom. The van der Waals surface area contributed by atoms with Crippen molar-refractivity contribution >= 4 is 34.4 Å². The van der Waals surface area contributed by atoms with Crippen LogP contribution in [-0.4, -0.2) is 37.2 Å². The standard InChI is InChI=1S/C32H35F2N5O5/c1-16(2)10-21(30(42)35-24-8-7-9-38(5)32(24)44)31(43)36-25(14-26(40)41)20-12-19(13-23(33)28(20)34)27-17(3)11-18(4)29-22(27)15-39(6)37-29/h7-9,11-13,15-16,21,25H,10,14H2,1-6H3,(H,35,42)(H,36,43)(H,40,41)/t21-,25+/m1/s1. The third kappa shape index (κ3) is 6.69. The van der Waals surface area contributed by atoms with E-state index < -0.39 is 53.4 Å². The number of benzene rings is 2. The summed E-state index contributed by atoms with van der Waals surface area (Å²) in [4.78, 5) is 51.2. The van der Waals surface area contributed by atoms with E-state index in [2.05, 4.69) is 15.7 Å². The molecule has 0 aliphatic carbocycles. The number of anilines is 1. The quantitative estimate of drug-likeness (QED) is 0.222. The summed E-state index contributed by atoms with van der Waals surface area (Å²) in [5.41, 5.74) is 2.27. The number of rotatable bonds is 10. The SMILES string of the molecule is Cc1cc(C)c2nn(C)cc2c1-c1cc(F)c(F)c([C@H](CC(=O)O)NC(=O)[C@H](CC(C)C)C(=O)Nc2cccn(C)c2=O)c1. The molecule has 0 aliphatic rings. The van der Waals surface area contributed by atoms with Gasteiger partial charge in [-0.05, 0) is 72.7 Å². The monoisotopic (exact) mass is 607 g/mol. The van der Waals surface area contributed by atoms with Gasteiger partial charge in [0.2, 0.25) is 11.8 Å². The molecule has 2 aromatic carbocycles. The van der Waals surface area contributed by atoms with Gasteiger partial charge in [0.05, 0.1) is 18.0 Å². The van der Waals surface area contributed by atoms with Gasteiger partial charge >= 0.3 is 5.97 Å². The number of carbonyl (C=O) groups is 3. The van der Waals surface area contributed by atoms with Gasteiger partial charge in [-0.3, -0.25) is 23.9 Å². The number of hydrogen-bond donors (Lipinski definition) is 3. The number of amides is 2. The minimum atomic E-state index is -1.52. The van der Waals surface area contributed by atoms with Gasteiger partial charge in [0, 0.05) is 37.4 Å². The molecule has 0 fully saturated rings. The first-order valence-electron chi connectivity index (χ1n) is 14.1. The molecule has 0 bridgehead atoms. The number of carbonyl (C=O) groups excluding carboxylic acids is 2. The van der Waals surface area contributed by atoms with Gasteiger partial charge in [-0.1, -0.05) is 19.9 Å². The number of carboxylic acids is 1. The maximum Gasteiger partial charge on any atom is 0.305 e. The van der Waals surface area contributed by atoms with E-state index in [4.69, 9.17) is 0 Å². The molecule has 0 spiro atoms. The number of aliphatic carboxylic acids is 1. The molecular formula is C32H35F2N5O5. The van der Waals surface area contributed by atoms with E-state index in [1.165, 1.54) is 29.9 Å². The molecule has 232 valence electrons. The van der Waals surface area contributed by atoms with E-state index >= 15 is 8.78 Å². The van der Waals surface area contributed by atoms with Crippen molar-refractivity contribution in [2.75, 3.05) is 5.32 Å². The number of aryl methyl sites for hydroxylation is 4. The highest BCUT2D eigenvalue weighted by Crippen LogP contribution is 2.36. The molecule has 0 saturated carbocycles. The van der Waals surface area contributed by atoms with Crippen molar-refractivity contribution in [3.05, 3.63) is 81.4 Å². The normalized spacial score (nSPS) is 12.8. The summed E-state index contributed by atoms with van der Waals surface area (Å²) < 4.78 is 33.5. The Morgan fingerprint density at radius 2 is 1.75 bits per heavy atom. The zero-order valence-corrected chi connectivity index (χ0v) is 25.4. The number of nitrogens with zero attached hydrogens (tertiary/aromatic N) is 3. The van der Waals surface area contributed by atoms with Crippen molar-refractivity contribution in [2.45, 2.75) is 46.6 Å². The molecule has 44 heavy (non-hydrogen) atoms. The van der Waals surface area contributed by atoms with Crippen LogP contribution < -0.4 is 16.2 Å². The molecule has 2 atom stereocenters. The molecule has 0 saturated heterocycles. The van der Waals surface area contributed by atoms with Crippen LogP contribution in [0.1, 0.15) is 49.4 Å². The minimum absolute atomic E-state index is 0.0420. The topological polar surface area (TPSA) is 135 Å². The van der Waals surface area contributed by atoms with Crippen LogP contribution in [0.4, 0.5) is 14.5 Å². The molecule has 4 rings (SSSR count). The van der Waals surface area contributed by atoms with Gasteiger partial charge in [0.1, 0.15) is 11.6 Å². The fraction of sp³-hybridized carbons (Fsp3) is 0.344. The Kier molecular flexibility index (Phi) is 9.31. The van der Waals surface area contributed by atoms with Crippen LogP contribution >= 0.6 is 0 Å². The van der Waals surface area contributed by atoms with Crippen molar-refractivity contribution in [2.24, 2.45) is 25.9 Å². The van der Waals surface area contributed by atoms with Crippen molar-refractivity contribution in [1.29, 1.82) is 0 Å². The van der Waals surface area contributed by atoms with Crippen molar-refractivity contribution in [3.8, 4) is 11.1 Å². The van der Waals surface area contributed by atoms with Crippen LogP contribution in [0.3, 0.4) is 0 Å². The number of fused-ring (bicyclic) bond motifs is 1. The summed E-state index contributed by atoms with van der Waals surface area (Å²) in [5.74, 6) is -7.11. The number of hydrogen-bond acceptors (Lipinski definition) is 5. The van der Waals surface area contributed by atoms with Crippen LogP contribution in [-0.2, 0) is 28.5 Å². The third-order valence-electron chi connectivity index (χ3n) is 7.44. The van der Waals surface area contributed by atoms with Gasteiger partial charge in [0.25, 0.3) is 5.56 Å². The largest absolute Gasteiger partial charge is 0.481 e. The number of pyridine rings is 1. The second-order valence-electron chi connectivity index (χ2n) is 11.5. The van der Waals surface area contributed by atoms with Gasteiger partial charge in [-0.25, -0.2) is 8.78 Å². The Labute approximate surface area is 252 Å². The van der Waals surface area contributed by atoms with E-state index in [1.807, 2.05) is 19.9 Å². The highest BCUT2D eigenvalue weighted by atomic mass is 19.2. The second kappa shape index (κ2) is 12.8.